The molecule has 0 aromatic heterocycles. The average molecular weight is 296 g/mol. The zero-order chi connectivity index (χ0) is 15.5. The molecule has 0 bridgehead atoms. The summed E-state index contributed by atoms with van der Waals surface area (Å²) in [6, 6.07) is 0. The second kappa shape index (κ2) is 6.10. The number of rotatable bonds is 3. The number of carboxylic acid groups (broad SMARTS) is 1. The van der Waals surface area contributed by atoms with Crippen LogP contribution >= 0.6 is 0 Å². The number of carboxylic acids is 1. The van der Waals surface area contributed by atoms with Gasteiger partial charge in [-0.05, 0) is 12.8 Å². The van der Waals surface area contributed by atoms with Crippen LogP contribution in [0.4, 0.5) is 13.2 Å². The number of amides is 2. The lowest BCUT2D eigenvalue weighted by Gasteiger charge is -2.31. The van der Waals surface area contributed by atoms with Gasteiger partial charge in [-0.2, -0.15) is 13.2 Å². The van der Waals surface area contributed by atoms with E-state index < -0.39 is 36.4 Å². The quantitative estimate of drug-likeness (QED) is 0.814. The number of carbonyl (C=O) groups excluding carboxylic acids is 2. The summed E-state index contributed by atoms with van der Waals surface area (Å²) in [6.07, 6.45) is -4.48. The molecule has 20 heavy (non-hydrogen) atoms. The van der Waals surface area contributed by atoms with Crippen molar-refractivity contribution < 1.29 is 32.7 Å². The molecule has 1 fully saturated rings. The Morgan fingerprint density at radius 1 is 1.25 bits per heavy atom. The summed E-state index contributed by atoms with van der Waals surface area (Å²) < 4.78 is 36.5. The van der Waals surface area contributed by atoms with Gasteiger partial charge in [0.15, 0.2) is 0 Å². The van der Waals surface area contributed by atoms with Crippen LogP contribution in [0, 0.1) is 5.92 Å². The number of piperidine rings is 1. The maximum atomic E-state index is 12.2. The fraction of sp³-hybridized carbons (Fsp3) is 0.727. The number of halogens is 3. The number of nitrogens with zero attached hydrogens (tertiary/aromatic N) is 2. The first-order chi connectivity index (χ1) is 9.12. The van der Waals surface area contributed by atoms with Crippen LogP contribution in [0.2, 0.25) is 0 Å². The first-order valence-corrected chi connectivity index (χ1v) is 5.95. The lowest BCUT2D eigenvalue weighted by molar-refractivity contribution is -0.184. The molecule has 0 atom stereocenters. The van der Waals surface area contributed by atoms with E-state index in [1.807, 2.05) is 0 Å². The van der Waals surface area contributed by atoms with Crippen molar-refractivity contribution in [3.8, 4) is 0 Å². The van der Waals surface area contributed by atoms with Crippen molar-refractivity contribution in [1.82, 2.24) is 9.80 Å². The van der Waals surface area contributed by atoms with Crippen molar-refractivity contribution >= 4 is 17.8 Å². The average Bonchev–Trinajstić information content (AvgIpc) is 2.36. The molecule has 114 valence electrons. The third-order valence-electron chi connectivity index (χ3n) is 3.16. The number of likely N-dealkylation sites (tertiary alicyclic amines) is 1. The van der Waals surface area contributed by atoms with Crippen LogP contribution in [0.5, 0.6) is 0 Å². The van der Waals surface area contributed by atoms with E-state index in [9.17, 15) is 27.6 Å². The summed E-state index contributed by atoms with van der Waals surface area (Å²) >= 11 is 0. The molecule has 0 unspecified atom stereocenters. The summed E-state index contributed by atoms with van der Waals surface area (Å²) in [5, 5.41) is 8.79. The van der Waals surface area contributed by atoms with Gasteiger partial charge in [-0.1, -0.05) is 0 Å². The Balaban J connectivity index is 2.48. The highest BCUT2D eigenvalue weighted by molar-refractivity contribution is 5.87. The van der Waals surface area contributed by atoms with Gasteiger partial charge in [0.1, 0.15) is 0 Å². The molecule has 1 heterocycles. The highest BCUT2D eigenvalue weighted by Gasteiger charge is 2.42. The van der Waals surface area contributed by atoms with Crippen LogP contribution in [-0.4, -0.2) is 65.5 Å². The van der Waals surface area contributed by atoms with Gasteiger partial charge in [-0.3, -0.25) is 14.4 Å². The number of carbonyl (C=O) groups is 3. The van der Waals surface area contributed by atoms with Crippen molar-refractivity contribution in [2.75, 3.05) is 26.7 Å². The highest BCUT2D eigenvalue weighted by Crippen LogP contribution is 2.19. The Morgan fingerprint density at radius 2 is 1.75 bits per heavy atom. The van der Waals surface area contributed by atoms with Gasteiger partial charge in [0.25, 0.3) is 0 Å². The number of likely N-dealkylation sites (N-methyl/N-ethyl adjacent to an activating group) is 1. The lowest BCUT2D eigenvalue weighted by atomic mass is 9.97. The monoisotopic (exact) mass is 296 g/mol. The van der Waals surface area contributed by atoms with Gasteiger partial charge < -0.3 is 14.9 Å². The number of alkyl halides is 3. The van der Waals surface area contributed by atoms with E-state index in [0.717, 1.165) is 7.05 Å². The van der Waals surface area contributed by atoms with E-state index in [4.69, 9.17) is 5.11 Å². The highest BCUT2D eigenvalue weighted by atomic mass is 19.4. The Bertz CT molecular complexity index is 403. The Kier molecular flexibility index (Phi) is 4.96. The Labute approximate surface area is 113 Å². The van der Waals surface area contributed by atoms with Crippen molar-refractivity contribution in [2.45, 2.75) is 19.0 Å². The van der Waals surface area contributed by atoms with Crippen LogP contribution < -0.4 is 0 Å². The minimum absolute atomic E-state index is 0.170. The fourth-order valence-corrected chi connectivity index (χ4v) is 1.97. The first kappa shape index (κ1) is 16.3. The van der Waals surface area contributed by atoms with E-state index in [0.29, 0.717) is 4.90 Å². The van der Waals surface area contributed by atoms with Crippen LogP contribution in [0.25, 0.3) is 0 Å². The molecule has 1 aliphatic rings. The smallest absolute Gasteiger partial charge is 0.471 e. The molecule has 1 saturated heterocycles. The standard InChI is InChI=1S/C11H15F3N2O4/c1-15(10(20)11(12,13)14)6-8(17)16-4-2-7(3-5-16)9(18)19/h7H,2-6H2,1H3,(H,18,19). The van der Waals surface area contributed by atoms with Crippen LogP contribution in [0.3, 0.4) is 0 Å². The van der Waals surface area contributed by atoms with Gasteiger partial charge in [0, 0.05) is 20.1 Å². The second-order valence-corrected chi connectivity index (χ2v) is 4.65. The van der Waals surface area contributed by atoms with Crippen LogP contribution in [-0.2, 0) is 14.4 Å². The molecule has 0 aliphatic carbocycles. The molecular formula is C11H15F3N2O4. The molecule has 0 aromatic carbocycles. The van der Waals surface area contributed by atoms with Gasteiger partial charge in [0.05, 0.1) is 12.5 Å². The van der Waals surface area contributed by atoms with Crippen LogP contribution in [0.1, 0.15) is 12.8 Å². The maximum Gasteiger partial charge on any atom is 0.471 e. The van der Waals surface area contributed by atoms with E-state index >= 15 is 0 Å². The first-order valence-electron chi connectivity index (χ1n) is 5.95. The number of aliphatic carboxylic acids is 1. The van der Waals surface area contributed by atoms with Gasteiger partial charge in [-0.15, -0.1) is 0 Å². The molecule has 1 aliphatic heterocycles. The largest absolute Gasteiger partial charge is 0.481 e. The minimum Gasteiger partial charge on any atom is -0.481 e. The minimum atomic E-state index is -5.01. The van der Waals surface area contributed by atoms with Crippen molar-refractivity contribution in [3.63, 3.8) is 0 Å². The molecule has 1 rings (SSSR count). The summed E-state index contributed by atoms with van der Waals surface area (Å²) in [5.74, 6) is -4.17. The summed E-state index contributed by atoms with van der Waals surface area (Å²) in [4.78, 5) is 34.9. The van der Waals surface area contributed by atoms with E-state index in [2.05, 4.69) is 0 Å². The number of hydrogen-bond donors (Lipinski definition) is 1. The molecule has 0 aromatic rings. The molecule has 2 amide bonds. The topological polar surface area (TPSA) is 77.9 Å². The second-order valence-electron chi connectivity index (χ2n) is 4.65. The zero-order valence-electron chi connectivity index (χ0n) is 10.8. The zero-order valence-corrected chi connectivity index (χ0v) is 10.8. The number of hydrogen-bond acceptors (Lipinski definition) is 3. The Morgan fingerprint density at radius 3 is 2.15 bits per heavy atom. The predicted octanol–water partition coefficient (Wildman–Crippen LogP) is 0.330. The maximum absolute atomic E-state index is 12.2. The summed E-state index contributed by atoms with van der Waals surface area (Å²) in [7, 11) is 0.901. The van der Waals surface area contributed by atoms with E-state index in [1.165, 1.54) is 4.90 Å². The lowest BCUT2D eigenvalue weighted by Crippen LogP contribution is -2.47. The molecule has 1 N–H and O–H groups in total. The summed E-state index contributed by atoms with van der Waals surface area (Å²) in [6.45, 7) is -0.330. The molecule has 0 radical (unpaired) electrons. The molecule has 0 spiro atoms. The SMILES string of the molecule is CN(CC(=O)N1CCC(C(=O)O)CC1)C(=O)C(F)(F)F. The predicted molar refractivity (Wildman–Crippen MR) is 60.6 cm³/mol. The van der Waals surface area contributed by atoms with E-state index in [1.54, 1.807) is 0 Å². The van der Waals surface area contributed by atoms with Gasteiger partial charge >= 0.3 is 18.1 Å². The summed E-state index contributed by atoms with van der Waals surface area (Å²) in [5.41, 5.74) is 0. The third-order valence-corrected chi connectivity index (χ3v) is 3.16. The van der Waals surface area contributed by atoms with Crippen molar-refractivity contribution in [2.24, 2.45) is 5.92 Å². The molecule has 0 saturated carbocycles. The van der Waals surface area contributed by atoms with E-state index in [-0.39, 0.29) is 25.9 Å². The van der Waals surface area contributed by atoms with Crippen molar-refractivity contribution in [1.29, 1.82) is 0 Å². The molecule has 9 heteroatoms. The third kappa shape index (κ3) is 4.10. The van der Waals surface area contributed by atoms with Gasteiger partial charge in [-0.25, -0.2) is 0 Å². The van der Waals surface area contributed by atoms with Crippen molar-refractivity contribution in [3.05, 3.63) is 0 Å². The van der Waals surface area contributed by atoms with Crippen LogP contribution in [0.15, 0.2) is 0 Å². The van der Waals surface area contributed by atoms with Gasteiger partial charge in [0.2, 0.25) is 5.91 Å². The fourth-order valence-electron chi connectivity index (χ4n) is 1.97. The normalized spacial score (nSPS) is 16.9. The molecule has 6 nitrogen and oxygen atoms in total. The Hall–Kier alpha value is -1.80. The molecular weight excluding hydrogens is 281 g/mol.